The van der Waals surface area contributed by atoms with Gasteiger partial charge in [0, 0.05) is 22.7 Å². The van der Waals surface area contributed by atoms with E-state index in [1.807, 2.05) is 19.1 Å². The Labute approximate surface area is 146 Å². The van der Waals surface area contributed by atoms with E-state index in [4.69, 9.17) is 0 Å². The second-order valence-corrected chi connectivity index (χ2v) is 5.90. The lowest BCUT2D eigenvalue weighted by Crippen LogP contribution is -2.14. The predicted octanol–water partition coefficient (Wildman–Crippen LogP) is 3.17. The van der Waals surface area contributed by atoms with E-state index in [0.717, 1.165) is 22.7 Å². The van der Waals surface area contributed by atoms with Crippen molar-refractivity contribution in [3.05, 3.63) is 76.2 Å². The molecule has 0 fully saturated rings. The molecular weight excluding hydrogens is 335 g/mol. The van der Waals surface area contributed by atoms with Crippen molar-refractivity contribution >= 4 is 33.4 Å². The van der Waals surface area contributed by atoms with Crippen molar-refractivity contribution < 1.29 is 9.18 Å². The van der Waals surface area contributed by atoms with Gasteiger partial charge in [-0.05, 0) is 37.3 Å². The van der Waals surface area contributed by atoms with Gasteiger partial charge in [-0.3, -0.25) is 14.6 Å². The number of benzene rings is 2. The number of aromatic nitrogens is 3. The third kappa shape index (κ3) is 2.79. The topological polar surface area (TPSA) is 87.7 Å². The van der Waals surface area contributed by atoms with Gasteiger partial charge in [0.05, 0.1) is 28.4 Å². The fraction of sp³-hybridized carbons (Fsp3) is 0.0526. The zero-order chi connectivity index (χ0) is 18.3. The molecule has 0 atom stereocenters. The summed E-state index contributed by atoms with van der Waals surface area (Å²) in [7, 11) is 0. The maximum Gasteiger partial charge on any atom is 0.258 e. The van der Waals surface area contributed by atoms with E-state index in [1.54, 1.807) is 18.2 Å². The van der Waals surface area contributed by atoms with Gasteiger partial charge >= 0.3 is 0 Å². The first kappa shape index (κ1) is 15.9. The molecule has 0 unspecified atom stereocenters. The third-order valence-electron chi connectivity index (χ3n) is 4.07. The summed E-state index contributed by atoms with van der Waals surface area (Å²) in [5, 5.41) is 3.51. The van der Waals surface area contributed by atoms with Gasteiger partial charge in [0.1, 0.15) is 5.82 Å². The summed E-state index contributed by atoms with van der Waals surface area (Å²) in [5.74, 6) is -1.15. The number of rotatable bonds is 2. The van der Waals surface area contributed by atoms with Crippen molar-refractivity contribution in [1.29, 1.82) is 0 Å². The van der Waals surface area contributed by atoms with Crippen molar-refractivity contribution in [2.24, 2.45) is 0 Å². The molecule has 0 saturated carbocycles. The SMILES string of the molecule is Cc1ccc2cc(C(=O)Nc3cc4c(=O)[nH]cnc4cc3F)ccc2n1. The van der Waals surface area contributed by atoms with Crippen LogP contribution >= 0.6 is 0 Å². The van der Waals surface area contributed by atoms with E-state index >= 15 is 0 Å². The lowest BCUT2D eigenvalue weighted by molar-refractivity contribution is 0.102. The van der Waals surface area contributed by atoms with Crippen LogP contribution in [-0.2, 0) is 0 Å². The summed E-state index contributed by atoms with van der Waals surface area (Å²) >= 11 is 0. The highest BCUT2D eigenvalue weighted by Gasteiger charge is 2.13. The van der Waals surface area contributed by atoms with Crippen LogP contribution in [0.1, 0.15) is 16.1 Å². The van der Waals surface area contributed by atoms with Crippen molar-refractivity contribution in [3.8, 4) is 0 Å². The summed E-state index contributed by atoms with van der Waals surface area (Å²) in [6, 6.07) is 11.2. The number of pyridine rings is 1. The summed E-state index contributed by atoms with van der Waals surface area (Å²) in [5.41, 5.74) is 1.75. The fourth-order valence-electron chi connectivity index (χ4n) is 2.75. The zero-order valence-corrected chi connectivity index (χ0v) is 13.7. The number of aromatic amines is 1. The molecule has 0 aliphatic rings. The number of anilines is 1. The van der Waals surface area contributed by atoms with Crippen LogP contribution in [0.4, 0.5) is 10.1 Å². The first-order valence-corrected chi connectivity index (χ1v) is 7.87. The minimum absolute atomic E-state index is 0.0804. The molecule has 2 aromatic carbocycles. The van der Waals surface area contributed by atoms with E-state index in [2.05, 4.69) is 20.3 Å². The summed E-state index contributed by atoms with van der Waals surface area (Å²) < 4.78 is 14.2. The van der Waals surface area contributed by atoms with Crippen LogP contribution in [-0.4, -0.2) is 20.9 Å². The molecule has 0 radical (unpaired) electrons. The van der Waals surface area contributed by atoms with Gasteiger partial charge in [0.25, 0.3) is 11.5 Å². The van der Waals surface area contributed by atoms with Crippen LogP contribution in [0.2, 0.25) is 0 Å². The highest BCUT2D eigenvalue weighted by atomic mass is 19.1. The normalized spacial score (nSPS) is 11.0. The van der Waals surface area contributed by atoms with Gasteiger partial charge in [-0.1, -0.05) is 6.07 Å². The van der Waals surface area contributed by atoms with Gasteiger partial charge < -0.3 is 10.3 Å². The Morgan fingerprint density at radius 3 is 2.81 bits per heavy atom. The molecule has 2 aromatic heterocycles. The molecule has 7 heteroatoms. The van der Waals surface area contributed by atoms with Gasteiger partial charge in [0.15, 0.2) is 0 Å². The maximum absolute atomic E-state index is 14.2. The minimum atomic E-state index is -0.665. The number of halogens is 1. The Balaban J connectivity index is 1.71. The van der Waals surface area contributed by atoms with E-state index in [-0.39, 0.29) is 16.6 Å². The number of hydrogen-bond donors (Lipinski definition) is 2. The molecule has 6 nitrogen and oxygen atoms in total. The van der Waals surface area contributed by atoms with Crippen LogP contribution < -0.4 is 10.9 Å². The number of nitrogens with one attached hydrogen (secondary N) is 2. The number of amides is 1. The molecule has 1 amide bonds. The summed E-state index contributed by atoms with van der Waals surface area (Å²) in [6.07, 6.45) is 1.20. The number of H-pyrrole nitrogens is 1. The Morgan fingerprint density at radius 2 is 1.96 bits per heavy atom. The molecule has 0 saturated heterocycles. The van der Waals surface area contributed by atoms with Crippen LogP contribution in [0.3, 0.4) is 0 Å². The highest BCUT2D eigenvalue weighted by Crippen LogP contribution is 2.21. The van der Waals surface area contributed by atoms with Gasteiger partial charge in [-0.15, -0.1) is 0 Å². The number of nitrogens with zero attached hydrogens (tertiary/aromatic N) is 2. The maximum atomic E-state index is 14.2. The van der Waals surface area contributed by atoms with Gasteiger partial charge in [-0.2, -0.15) is 0 Å². The minimum Gasteiger partial charge on any atom is -0.319 e. The molecule has 0 bridgehead atoms. The predicted molar refractivity (Wildman–Crippen MR) is 96.8 cm³/mol. The Bertz CT molecular complexity index is 1230. The highest BCUT2D eigenvalue weighted by molar-refractivity contribution is 6.06. The molecule has 0 aliphatic carbocycles. The van der Waals surface area contributed by atoms with Gasteiger partial charge in [0.2, 0.25) is 0 Å². The monoisotopic (exact) mass is 348 g/mol. The number of hydrogen-bond acceptors (Lipinski definition) is 4. The summed E-state index contributed by atoms with van der Waals surface area (Å²) in [6.45, 7) is 1.89. The molecule has 128 valence electrons. The molecule has 4 aromatic rings. The zero-order valence-electron chi connectivity index (χ0n) is 13.7. The van der Waals surface area contributed by atoms with Crippen LogP contribution in [0.25, 0.3) is 21.8 Å². The molecule has 2 N–H and O–H groups in total. The molecular formula is C19H13FN4O2. The number of carbonyl (C=O) groups excluding carboxylic acids is 1. The van der Waals surface area contributed by atoms with E-state index < -0.39 is 17.3 Å². The second-order valence-electron chi connectivity index (χ2n) is 5.90. The Kier molecular flexibility index (Phi) is 3.69. The Morgan fingerprint density at radius 1 is 1.12 bits per heavy atom. The van der Waals surface area contributed by atoms with Crippen molar-refractivity contribution in [1.82, 2.24) is 15.0 Å². The van der Waals surface area contributed by atoms with Crippen LogP contribution in [0.5, 0.6) is 0 Å². The molecule has 26 heavy (non-hydrogen) atoms. The van der Waals surface area contributed by atoms with E-state index in [9.17, 15) is 14.0 Å². The largest absolute Gasteiger partial charge is 0.319 e. The number of aryl methyl sites for hydroxylation is 1. The fourth-order valence-corrected chi connectivity index (χ4v) is 2.75. The summed E-state index contributed by atoms with van der Waals surface area (Å²) in [4.78, 5) is 35.0. The number of fused-ring (bicyclic) bond motifs is 2. The average Bonchev–Trinajstić information content (AvgIpc) is 2.62. The second kappa shape index (κ2) is 6.03. The van der Waals surface area contributed by atoms with E-state index in [1.165, 1.54) is 12.4 Å². The molecule has 0 aliphatic heterocycles. The third-order valence-corrected chi connectivity index (χ3v) is 4.07. The van der Waals surface area contributed by atoms with Crippen molar-refractivity contribution in [3.63, 3.8) is 0 Å². The van der Waals surface area contributed by atoms with Crippen molar-refractivity contribution in [2.45, 2.75) is 6.92 Å². The molecule has 2 heterocycles. The van der Waals surface area contributed by atoms with Crippen LogP contribution in [0.15, 0.2) is 53.6 Å². The average molecular weight is 348 g/mol. The van der Waals surface area contributed by atoms with Crippen LogP contribution in [0, 0.1) is 12.7 Å². The van der Waals surface area contributed by atoms with Crippen molar-refractivity contribution in [2.75, 3.05) is 5.32 Å². The lowest BCUT2D eigenvalue weighted by atomic mass is 10.1. The Hall–Kier alpha value is -3.61. The number of carbonyl (C=O) groups is 1. The standard InChI is InChI=1S/C19H13FN4O2/c1-10-2-3-11-6-12(4-5-15(11)23-10)18(25)24-17-7-13-16(8-14(17)20)21-9-22-19(13)26/h2-9H,1H3,(H,24,25)(H,21,22,26). The smallest absolute Gasteiger partial charge is 0.258 e. The lowest BCUT2D eigenvalue weighted by Gasteiger charge is -2.08. The molecule has 0 spiro atoms. The first-order valence-electron chi connectivity index (χ1n) is 7.87. The molecule has 4 rings (SSSR count). The van der Waals surface area contributed by atoms with Gasteiger partial charge in [-0.25, -0.2) is 9.37 Å². The quantitative estimate of drug-likeness (QED) is 0.582. The van der Waals surface area contributed by atoms with E-state index in [0.29, 0.717) is 5.56 Å². The first-order chi connectivity index (χ1) is 12.5.